The summed E-state index contributed by atoms with van der Waals surface area (Å²) in [5.74, 6) is -1.61. The van der Waals surface area contributed by atoms with Crippen molar-refractivity contribution in [3.63, 3.8) is 0 Å². The van der Waals surface area contributed by atoms with Crippen LogP contribution in [0.25, 0.3) is 0 Å². The van der Waals surface area contributed by atoms with E-state index in [-0.39, 0.29) is 18.6 Å². The van der Waals surface area contributed by atoms with E-state index in [4.69, 9.17) is 23.7 Å². The smallest absolute Gasteiger partial charge is 0.338 e. The van der Waals surface area contributed by atoms with E-state index in [9.17, 15) is 14.7 Å². The Balaban J connectivity index is 1.60. The van der Waals surface area contributed by atoms with Gasteiger partial charge >= 0.3 is 11.9 Å². The Morgan fingerprint density at radius 3 is 2.42 bits per heavy atom. The first kappa shape index (κ1) is 30.7. The number of likely N-dealkylation sites (N-methyl/N-ethyl adjacent to an activating group) is 1. The van der Waals surface area contributed by atoms with Gasteiger partial charge in [-0.15, -0.1) is 0 Å². The number of allylic oxidation sites excluding steroid dienone is 1. The van der Waals surface area contributed by atoms with Gasteiger partial charge < -0.3 is 33.7 Å². The molecule has 3 aliphatic carbocycles. The van der Waals surface area contributed by atoms with Gasteiger partial charge in [-0.1, -0.05) is 51.5 Å². The maximum absolute atomic E-state index is 13.9. The van der Waals surface area contributed by atoms with E-state index in [0.717, 1.165) is 5.57 Å². The van der Waals surface area contributed by atoms with Crippen molar-refractivity contribution in [2.45, 2.75) is 103 Å². The summed E-state index contributed by atoms with van der Waals surface area (Å²) in [6.07, 6.45) is -1.11. The molecule has 1 N–H and O–H groups in total. The van der Waals surface area contributed by atoms with Crippen LogP contribution in [-0.2, 0) is 28.5 Å². The van der Waals surface area contributed by atoms with E-state index in [1.807, 2.05) is 38.9 Å². The number of fused-ring (bicyclic) bond motifs is 8. The number of nitrogens with zero attached hydrogens (tertiary/aromatic N) is 1. The van der Waals surface area contributed by atoms with E-state index in [1.165, 1.54) is 12.5 Å². The highest BCUT2D eigenvalue weighted by Crippen LogP contribution is 2.67. The molecule has 1 aromatic carbocycles. The van der Waals surface area contributed by atoms with E-state index in [2.05, 4.69) is 20.8 Å². The minimum absolute atomic E-state index is 0.0193. The highest BCUT2D eigenvalue weighted by molar-refractivity contribution is 5.89. The van der Waals surface area contributed by atoms with E-state index in [1.54, 1.807) is 24.3 Å². The number of esters is 2. The normalized spacial score (nSPS) is 43.0. The van der Waals surface area contributed by atoms with Crippen LogP contribution in [0, 0.1) is 22.7 Å². The molecule has 10 atom stereocenters. The molecule has 236 valence electrons. The van der Waals surface area contributed by atoms with Crippen molar-refractivity contribution < 1.29 is 38.4 Å². The molecule has 2 heterocycles. The predicted molar refractivity (Wildman–Crippen MR) is 158 cm³/mol. The average molecular weight is 598 g/mol. The van der Waals surface area contributed by atoms with Crippen LogP contribution in [0.2, 0.25) is 0 Å². The van der Waals surface area contributed by atoms with Gasteiger partial charge in [0, 0.05) is 24.3 Å². The Labute approximate surface area is 254 Å². The van der Waals surface area contributed by atoms with Crippen molar-refractivity contribution in [1.29, 1.82) is 0 Å². The number of rotatable bonds is 5. The standard InChI is InChI=1S/C34H47NO8/c1-19-16-34(38)29(42-30(37)22-12-10-9-11-13-22)27-32(6,15-14-23-33(27,18-39-23)43-21(3)36)28-26(25(20(19)2)31(34,4)5)40-24(41-28)17-35(7)8/h9-13,19,23-24,26-29,38H,14-18H2,1-8H3/t19-,23+,24?,26+,27-,28+,29-,32+,33-,34+/m0/s1. The van der Waals surface area contributed by atoms with Gasteiger partial charge in [-0.2, -0.15) is 0 Å². The van der Waals surface area contributed by atoms with Crippen LogP contribution in [0.5, 0.6) is 0 Å². The molecule has 0 radical (unpaired) electrons. The number of carbonyl (C=O) groups is 2. The van der Waals surface area contributed by atoms with Gasteiger partial charge in [-0.05, 0) is 63.9 Å². The van der Waals surface area contributed by atoms with E-state index < -0.39 is 64.5 Å². The lowest BCUT2D eigenvalue weighted by atomic mass is 9.44. The Kier molecular flexibility index (Phi) is 7.41. The van der Waals surface area contributed by atoms with E-state index in [0.29, 0.717) is 31.4 Å². The predicted octanol–water partition coefficient (Wildman–Crippen LogP) is 4.13. The monoisotopic (exact) mass is 597 g/mol. The lowest BCUT2D eigenvalue weighted by molar-refractivity contribution is -0.345. The maximum atomic E-state index is 13.9. The van der Waals surface area contributed by atoms with Gasteiger partial charge in [0.15, 0.2) is 11.9 Å². The number of hydrogen-bond donors (Lipinski definition) is 1. The Hall–Kier alpha value is -2.30. The third-order valence-electron chi connectivity index (χ3n) is 11.4. The molecule has 2 saturated carbocycles. The summed E-state index contributed by atoms with van der Waals surface area (Å²) in [7, 11) is 3.97. The highest BCUT2D eigenvalue weighted by Gasteiger charge is 2.76. The average Bonchev–Trinajstić information content (AvgIpc) is 3.32. The largest absolute Gasteiger partial charge is 0.455 e. The maximum Gasteiger partial charge on any atom is 0.338 e. The molecule has 2 aliphatic heterocycles. The van der Waals surface area contributed by atoms with Crippen molar-refractivity contribution in [3.8, 4) is 0 Å². The lowest BCUT2D eigenvalue weighted by Crippen LogP contribution is -2.79. The number of hydrogen-bond acceptors (Lipinski definition) is 9. The quantitative estimate of drug-likeness (QED) is 0.396. The van der Waals surface area contributed by atoms with Crippen molar-refractivity contribution in [1.82, 2.24) is 4.90 Å². The number of aliphatic hydroxyl groups is 1. The Morgan fingerprint density at radius 2 is 1.81 bits per heavy atom. The highest BCUT2D eigenvalue weighted by atomic mass is 16.7. The molecule has 1 unspecified atom stereocenters. The zero-order valence-corrected chi connectivity index (χ0v) is 26.7. The van der Waals surface area contributed by atoms with Crippen LogP contribution in [0.1, 0.15) is 71.2 Å². The van der Waals surface area contributed by atoms with E-state index >= 15 is 0 Å². The molecule has 5 aliphatic rings. The second-order valence-electron chi connectivity index (χ2n) is 14.6. The molecule has 4 fully saturated rings. The molecule has 2 saturated heterocycles. The van der Waals surface area contributed by atoms with Crippen LogP contribution in [0.4, 0.5) is 0 Å². The zero-order chi connectivity index (χ0) is 31.1. The van der Waals surface area contributed by atoms with Gasteiger partial charge in [0.05, 0.1) is 24.2 Å². The molecule has 0 aromatic heterocycles. The topological polar surface area (TPSA) is 104 Å². The summed E-state index contributed by atoms with van der Waals surface area (Å²) < 4.78 is 32.6. The van der Waals surface area contributed by atoms with Crippen LogP contribution < -0.4 is 0 Å². The summed E-state index contributed by atoms with van der Waals surface area (Å²) in [6, 6.07) is 8.86. The SMILES string of the molecule is CC(=O)O[C@@]12CO[C@@H]1CC[C@@]1(C)[C@@H]3OC(CN(C)C)O[C@@H]3C3=C(C)[C@@H](C)C[C@@](O)([C@@H](OC(=O)c4ccccc4)[C@@H]12)C3(C)C. The number of ether oxygens (including phenoxy) is 5. The van der Waals surface area contributed by atoms with Crippen molar-refractivity contribution in [2.24, 2.45) is 22.7 Å². The number of benzene rings is 1. The first-order valence-electron chi connectivity index (χ1n) is 15.6. The summed E-state index contributed by atoms with van der Waals surface area (Å²) in [5, 5.41) is 13.2. The summed E-state index contributed by atoms with van der Waals surface area (Å²) in [5.41, 5.74) is -1.63. The zero-order valence-electron chi connectivity index (χ0n) is 26.7. The third-order valence-corrected chi connectivity index (χ3v) is 11.4. The van der Waals surface area contributed by atoms with Crippen LogP contribution in [-0.4, -0.2) is 91.1 Å². The van der Waals surface area contributed by atoms with Crippen molar-refractivity contribution >= 4 is 11.9 Å². The second kappa shape index (κ2) is 10.4. The van der Waals surface area contributed by atoms with Gasteiger partial charge in [-0.25, -0.2) is 4.79 Å². The first-order valence-corrected chi connectivity index (χ1v) is 15.6. The number of carbonyl (C=O) groups excluding carboxylic acids is 2. The minimum Gasteiger partial charge on any atom is -0.455 e. The minimum atomic E-state index is -1.52. The molecule has 43 heavy (non-hydrogen) atoms. The second-order valence-corrected chi connectivity index (χ2v) is 14.6. The van der Waals surface area contributed by atoms with Crippen LogP contribution in [0.15, 0.2) is 41.5 Å². The fourth-order valence-corrected chi connectivity index (χ4v) is 9.21. The molecule has 9 nitrogen and oxygen atoms in total. The van der Waals surface area contributed by atoms with Crippen LogP contribution in [0.3, 0.4) is 0 Å². The summed E-state index contributed by atoms with van der Waals surface area (Å²) in [4.78, 5) is 28.8. The molecule has 0 spiro atoms. The van der Waals surface area contributed by atoms with Crippen molar-refractivity contribution in [2.75, 3.05) is 27.2 Å². The molecule has 0 amide bonds. The van der Waals surface area contributed by atoms with Crippen LogP contribution >= 0.6 is 0 Å². The fraction of sp³-hybridized carbons (Fsp3) is 0.706. The molecule has 1 aromatic rings. The first-order chi connectivity index (χ1) is 20.2. The van der Waals surface area contributed by atoms with Gasteiger partial charge in [0.2, 0.25) is 0 Å². The van der Waals surface area contributed by atoms with Crippen molar-refractivity contribution in [3.05, 3.63) is 47.0 Å². The van der Waals surface area contributed by atoms with Gasteiger partial charge in [0.1, 0.15) is 23.9 Å². The van der Waals surface area contributed by atoms with Gasteiger partial charge in [0.25, 0.3) is 0 Å². The molecule has 9 heteroatoms. The molecular formula is C34H47NO8. The summed E-state index contributed by atoms with van der Waals surface area (Å²) in [6.45, 7) is 12.5. The fourth-order valence-electron chi connectivity index (χ4n) is 9.21. The summed E-state index contributed by atoms with van der Waals surface area (Å²) >= 11 is 0. The molecule has 6 rings (SSSR count). The molecular weight excluding hydrogens is 550 g/mol. The third kappa shape index (κ3) is 4.44. The Bertz CT molecular complexity index is 1310. The molecule has 2 bridgehead atoms. The Morgan fingerprint density at radius 1 is 1.12 bits per heavy atom. The lowest BCUT2D eigenvalue weighted by Gasteiger charge is -2.68. The van der Waals surface area contributed by atoms with Gasteiger partial charge in [-0.3, -0.25) is 4.79 Å².